The van der Waals surface area contributed by atoms with Crippen LogP contribution in [0.5, 0.6) is 0 Å². The first-order valence-corrected chi connectivity index (χ1v) is 9.07. The molecule has 0 spiro atoms. The number of nitrogens with zero attached hydrogens (tertiary/aromatic N) is 1. The van der Waals surface area contributed by atoms with Crippen molar-refractivity contribution in [3.05, 3.63) is 15.6 Å². The van der Waals surface area contributed by atoms with Gasteiger partial charge in [-0.25, -0.2) is 4.98 Å². The van der Waals surface area contributed by atoms with E-state index in [0.29, 0.717) is 11.2 Å². The quantitative estimate of drug-likeness (QED) is 0.777. The number of fused-ring (bicyclic) bond motifs is 1. The van der Waals surface area contributed by atoms with Crippen LogP contribution in [0.25, 0.3) is 0 Å². The lowest BCUT2D eigenvalue weighted by atomic mass is 9.50. The van der Waals surface area contributed by atoms with Crippen molar-refractivity contribution in [3.63, 3.8) is 0 Å². The maximum Gasteiger partial charge on any atom is 0.174 e. The molecule has 6 rings (SSSR count). The van der Waals surface area contributed by atoms with Crippen molar-refractivity contribution in [2.24, 2.45) is 17.8 Å². The summed E-state index contributed by atoms with van der Waals surface area (Å²) in [4.78, 5) is 18.1. The first-order chi connectivity index (χ1) is 9.72. The van der Waals surface area contributed by atoms with Crippen molar-refractivity contribution >= 4 is 17.1 Å². The highest BCUT2D eigenvalue weighted by Gasteiger charge is 2.53. The molecule has 0 amide bonds. The summed E-state index contributed by atoms with van der Waals surface area (Å²) in [6, 6.07) is 0. The highest BCUT2D eigenvalue weighted by atomic mass is 32.1. The maximum absolute atomic E-state index is 12.1. The molecule has 4 fully saturated rings. The van der Waals surface area contributed by atoms with Gasteiger partial charge in [-0.1, -0.05) is 0 Å². The summed E-state index contributed by atoms with van der Waals surface area (Å²) in [5.74, 6) is 3.23. The number of hydrogen-bond donors (Lipinski definition) is 0. The van der Waals surface area contributed by atoms with Crippen LogP contribution in [0.1, 0.15) is 71.7 Å². The summed E-state index contributed by atoms with van der Waals surface area (Å²) in [5, 5.41) is 1.34. The van der Waals surface area contributed by atoms with Gasteiger partial charge in [-0.05, 0) is 69.1 Å². The molecule has 0 saturated heterocycles. The van der Waals surface area contributed by atoms with Gasteiger partial charge in [0, 0.05) is 11.8 Å². The lowest BCUT2D eigenvalue weighted by molar-refractivity contribution is -0.00533. The molecule has 3 heteroatoms. The summed E-state index contributed by atoms with van der Waals surface area (Å²) in [7, 11) is 0. The summed E-state index contributed by atoms with van der Waals surface area (Å²) < 4.78 is 0. The van der Waals surface area contributed by atoms with E-state index in [1.165, 1.54) is 43.5 Å². The number of Topliss-reactive ketones (excluding diaryl/α,β-unsaturated/α-hetero) is 1. The van der Waals surface area contributed by atoms with Crippen LogP contribution in [0.3, 0.4) is 0 Å². The van der Waals surface area contributed by atoms with E-state index in [1.807, 2.05) is 0 Å². The second kappa shape index (κ2) is 3.94. The standard InChI is InChI=1S/C17H21NOS/c19-14-3-1-2-13-15(14)20-16(18-13)17-7-10-4-11(8-17)6-12(5-10)9-17/h10-12H,1-9H2. The third kappa shape index (κ3) is 1.56. The van der Waals surface area contributed by atoms with Gasteiger partial charge in [-0.2, -0.15) is 0 Å². The molecule has 4 bridgehead atoms. The van der Waals surface area contributed by atoms with Crippen LogP contribution in [0, 0.1) is 17.8 Å². The third-order valence-corrected chi connectivity index (χ3v) is 7.64. The normalized spacial score (nSPS) is 42.0. The zero-order valence-corrected chi connectivity index (χ0v) is 12.7. The second-order valence-electron chi connectivity index (χ2n) is 7.77. The number of aromatic nitrogens is 1. The first kappa shape index (κ1) is 11.9. The molecule has 1 aromatic rings. The number of aryl methyl sites for hydroxylation is 1. The van der Waals surface area contributed by atoms with Gasteiger partial charge in [0.2, 0.25) is 0 Å². The lowest BCUT2D eigenvalue weighted by Gasteiger charge is -2.56. The smallest absolute Gasteiger partial charge is 0.174 e. The molecule has 0 N–H and O–H groups in total. The SMILES string of the molecule is O=C1CCCc2nc(C34CC5CC(CC(C5)C3)C4)sc21. The third-order valence-electron chi connectivity index (χ3n) is 6.26. The van der Waals surface area contributed by atoms with Crippen molar-refractivity contribution in [1.29, 1.82) is 0 Å². The fraction of sp³-hybridized carbons (Fsp3) is 0.765. The largest absolute Gasteiger partial charge is 0.293 e. The fourth-order valence-corrected chi connectivity index (χ4v) is 7.17. The van der Waals surface area contributed by atoms with Gasteiger partial charge in [0.1, 0.15) is 0 Å². The molecule has 106 valence electrons. The van der Waals surface area contributed by atoms with E-state index in [1.54, 1.807) is 11.3 Å². The van der Waals surface area contributed by atoms with Crippen LogP contribution >= 0.6 is 11.3 Å². The van der Waals surface area contributed by atoms with Crippen LogP contribution < -0.4 is 0 Å². The molecule has 0 aromatic carbocycles. The topological polar surface area (TPSA) is 30.0 Å². The fourth-order valence-electron chi connectivity index (χ4n) is 5.87. The molecule has 5 aliphatic carbocycles. The predicted molar refractivity (Wildman–Crippen MR) is 79.2 cm³/mol. The van der Waals surface area contributed by atoms with Crippen molar-refractivity contribution < 1.29 is 4.79 Å². The molecule has 1 heterocycles. The van der Waals surface area contributed by atoms with Crippen molar-refractivity contribution in [1.82, 2.24) is 4.98 Å². The Hall–Kier alpha value is -0.700. The van der Waals surface area contributed by atoms with Gasteiger partial charge >= 0.3 is 0 Å². The molecule has 2 nitrogen and oxygen atoms in total. The molecular weight excluding hydrogens is 266 g/mol. The molecule has 0 radical (unpaired) electrons. The Kier molecular flexibility index (Phi) is 2.34. The van der Waals surface area contributed by atoms with E-state index in [4.69, 9.17) is 4.98 Å². The number of hydrogen-bond acceptors (Lipinski definition) is 3. The van der Waals surface area contributed by atoms with E-state index in [-0.39, 0.29) is 0 Å². The number of rotatable bonds is 1. The van der Waals surface area contributed by atoms with E-state index < -0.39 is 0 Å². The number of ketones is 1. The molecule has 5 aliphatic rings. The first-order valence-electron chi connectivity index (χ1n) is 8.25. The van der Waals surface area contributed by atoms with Gasteiger partial charge in [0.05, 0.1) is 15.6 Å². The highest BCUT2D eigenvalue weighted by Crippen LogP contribution is 2.61. The second-order valence-corrected chi connectivity index (χ2v) is 8.77. The molecular formula is C17H21NOS. The number of thiazole rings is 1. The molecule has 20 heavy (non-hydrogen) atoms. The van der Waals surface area contributed by atoms with E-state index in [2.05, 4.69) is 0 Å². The highest BCUT2D eigenvalue weighted by molar-refractivity contribution is 7.14. The van der Waals surface area contributed by atoms with Crippen molar-refractivity contribution in [2.45, 2.75) is 63.2 Å². The van der Waals surface area contributed by atoms with Gasteiger partial charge in [-0.15, -0.1) is 11.3 Å². The van der Waals surface area contributed by atoms with Crippen LogP contribution in [-0.4, -0.2) is 10.8 Å². The summed E-state index contributed by atoms with van der Waals surface area (Å²) in [5.41, 5.74) is 1.51. The van der Waals surface area contributed by atoms with Gasteiger partial charge in [-0.3, -0.25) is 4.79 Å². The van der Waals surface area contributed by atoms with E-state index in [9.17, 15) is 4.79 Å². The van der Waals surface area contributed by atoms with E-state index in [0.717, 1.165) is 47.6 Å². The van der Waals surface area contributed by atoms with Gasteiger partial charge in [0.25, 0.3) is 0 Å². The molecule has 0 aliphatic heterocycles. The average molecular weight is 287 g/mol. The Labute approximate surface area is 124 Å². The summed E-state index contributed by atoms with van der Waals surface area (Å²) >= 11 is 1.77. The zero-order valence-electron chi connectivity index (χ0n) is 11.9. The maximum atomic E-state index is 12.1. The minimum atomic E-state index is 0.361. The Balaban J connectivity index is 1.58. The number of carbonyl (C=O) groups excluding carboxylic acids is 1. The van der Waals surface area contributed by atoms with Crippen LogP contribution in [0.4, 0.5) is 0 Å². The minimum Gasteiger partial charge on any atom is -0.293 e. The van der Waals surface area contributed by atoms with Crippen LogP contribution in [0.15, 0.2) is 0 Å². The zero-order chi connectivity index (χ0) is 13.3. The molecule has 0 atom stereocenters. The van der Waals surface area contributed by atoms with Crippen molar-refractivity contribution in [2.75, 3.05) is 0 Å². The van der Waals surface area contributed by atoms with Gasteiger partial charge in [0.15, 0.2) is 5.78 Å². The van der Waals surface area contributed by atoms with Crippen molar-refractivity contribution in [3.8, 4) is 0 Å². The Bertz CT molecular complexity index is 553. The lowest BCUT2D eigenvalue weighted by Crippen LogP contribution is -2.48. The molecule has 0 unspecified atom stereocenters. The van der Waals surface area contributed by atoms with Crippen LogP contribution in [0.2, 0.25) is 0 Å². The predicted octanol–water partition coefficient (Wildman–Crippen LogP) is 4.13. The number of carbonyl (C=O) groups is 1. The molecule has 1 aromatic heterocycles. The van der Waals surface area contributed by atoms with E-state index >= 15 is 0 Å². The average Bonchev–Trinajstić information content (AvgIpc) is 2.83. The summed E-state index contributed by atoms with van der Waals surface area (Å²) in [6.45, 7) is 0. The minimum absolute atomic E-state index is 0.361. The van der Waals surface area contributed by atoms with Gasteiger partial charge < -0.3 is 0 Å². The monoisotopic (exact) mass is 287 g/mol. The van der Waals surface area contributed by atoms with Crippen LogP contribution in [-0.2, 0) is 11.8 Å². The molecule has 4 saturated carbocycles. The Morgan fingerprint density at radius 1 is 1.00 bits per heavy atom. The Morgan fingerprint density at radius 3 is 2.25 bits per heavy atom. The summed E-state index contributed by atoms with van der Waals surface area (Å²) in [6.07, 6.45) is 11.3. The Morgan fingerprint density at radius 2 is 1.65 bits per heavy atom.